The van der Waals surface area contributed by atoms with E-state index in [0.29, 0.717) is 5.41 Å². The van der Waals surface area contributed by atoms with Gasteiger partial charge in [-0.15, -0.1) is 0 Å². The molecule has 0 unspecified atom stereocenters. The zero-order chi connectivity index (χ0) is 12.7. The van der Waals surface area contributed by atoms with Crippen molar-refractivity contribution in [3.05, 3.63) is 83.9 Å². The van der Waals surface area contributed by atoms with Crippen LogP contribution in [0.2, 0.25) is 0 Å². The Bertz CT molecular complexity index is 598. The first-order chi connectivity index (χ1) is 9.36. The average Bonchev–Trinajstić information content (AvgIpc) is 3.12. The lowest BCUT2D eigenvalue weighted by atomic mass is 9.95. The zero-order valence-corrected chi connectivity index (χ0v) is 10.8. The van der Waals surface area contributed by atoms with Gasteiger partial charge in [0, 0.05) is 5.41 Å². The Hall–Kier alpha value is -2.08. The van der Waals surface area contributed by atoms with Crippen LogP contribution in [0.3, 0.4) is 0 Å². The van der Waals surface area contributed by atoms with Crippen LogP contribution in [-0.4, -0.2) is 0 Å². The van der Waals surface area contributed by atoms with Crippen LogP contribution in [0.1, 0.15) is 24.0 Å². The standard InChI is InChI=1S/C19H16/c1-3-7-15(8-4-1)17-13-19(11-12-19)14-18(17)16-9-5-2-6-10-16/h1-10,13-14H,11-12H2. The minimum atomic E-state index is 0.371. The molecule has 0 atom stereocenters. The quantitative estimate of drug-likeness (QED) is 0.701. The summed E-state index contributed by atoms with van der Waals surface area (Å²) in [6, 6.07) is 21.5. The molecule has 0 heteroatoms. The fraction of sp³-hybridized carbons (Fsp3) is 0.158. The fourth-order valence-electron chi connectivity index (χ4n) is 2.92. The molecular formula is C19H16. The zero-order valence-electron chi connectivity index (χ0n) is 10.8. The van der Waals surface area contributed by atoms with E-state index < -0.39 is 0 Å². The molecule has 0 nitrogen and oxygen atoms in total. The SMILES string of the molecule is C1=C(c2ccccc2)C(c2ccccc2)=CC12CC2. The lowest BCUT2D eigenvalue weighted by molar-refractivity contribution is 0.876. The summed E-state index contributed by atoms with van der Waals surface area (Å²) in [5, 5.41) is 0. The molecule has 0 amide bonds. The van der Waals surface area contributed by atoms with E-state index in [1.54, 1.807) is 0 Å². The van der Waals surface area contributed by atoms with Crippen LogP contribution in [0, 0.1) is 5.41 Å². The van der Waals surface area contributed by atoms with Gasteiger partial charge in [-0.05, 0) is 35.1 Å². The van der Waals surface area contributed by atoms with Gasteiger partial charge in [-0.25, -0.2) is 0 Å². The second kappa shape index (κ2) is 3.96. The molecule has 0 N–H and O–H groups in total. The van der Waals surface area contributed by atoms with E-state index in [4.69, 9.17) is 0 Å². The highest BCUT2D eigenvalue weighted by Crippen LogP contribution is 2.57. The second-order valence-corrected chi connectivity index (χ2v) is 5.58. The van der Waals surface area contributed by atoms with Gasteiger partial charge in [0.15, 0.2) is 0 Å². The molecular weight excluding hydrogens is 228 g/mol. The highest BCUT2D eigenvalue weighted by atomic mass is 14.5. The van der Waals surface area contributed by atoms with Gasteiger partial charge >= 0.3 is 0 Å². The van der Waals surface area contributed by atoms with Crippen LogP contribution >= 0.6 is 0 Å². The van der Waals surface area contributed by atoms with Gasteiger partial charge in [-0.2, -0.15) is 0 Å². The van der Waals surface area contributed by atoms with Crippen LogP contribution in [0.4, 0.5) is 0 Å². The maximum Gasteiger partial charge on any atom is 0.00806 e. The molecule has 1 saturated carbocycles. The highest BCUT2D eigenvalue weighted by Gasteiger charge is 2.43. The normalized spacial score (nSPS) is 19.2. The first-order valence-electron chi connectivity index (χ1n) is 6.93. The summed E-state index contributed by atoms with van der Waals surface area (Å²) >= 11 is 0. The fourth-order valence-corrected chi connectivity index (χ4v) is 2.92. The van der Waals surface area contributed by atoms with E-state index in [1.165, 1.54) is 35.1 Å². The molecule has 1 fully saturated rings. The molecule has 2 aliphatic rings. The molecule has 2 aromatic rings. The van der Waals surface area contributed by atoms with E-state index in [0.717, 1.165) is 0 Å². The maximum absolute atomic E-state index is 2.48. The minimum absolute atomic E-state index is 0.371. The average molecular weight is 244 g/mol. The van der Waals surface area contributed by atoms with Gasteiger partial charge in [0.05, 0.1) is 0 Å². The molecule has 0 saturated heterocycles. The van der Waals surface area contributed by atoms with Crippen molar-refractivity contribution in [1.82, 2.24) is 0 Å². The second-order valence-electron chi connectivity index (χ2n) is 5.58. The Morgan fingerprint density at radius 3 is 1.37 bits per heavy atom. The largest absolute Gasteiger partial charge is 0.0660 e. The summed E-state index contributed by atoms with van der Waals surface area (Å²) in [5.41, 5.74) is 5.85. The van der Waals surface area contributed by atoms with Gasteiger partial charge in [0.2, 0.25) is 0 Å². The molecule has 0 aromatic heterocycles. The van der Waals surface area contributed by atoms with Crippen LogP contribution in [0.5, 0.6) is 0 Å². The van der Waals surface area contributed by atoms with Crippen molar-refractivity contribution in [3.63, 3.8) is 0 Å². The summed E-state index contributed by atoms with van der Waals surface area (Å²) in [7, 11) is 0. The predicted molar refractivity (Wildman–Crippen MR) is 80.5 cm³/mol. The van der Waals surface area contributed by atoms with Crippen LogP contribution < -0.4 is 0 Å². The van der Waals surface area contributed by atoms with E-state index in [9.17, 15) is 0 Å². The first kappa shape index (κ1) is 10.8. The molecule has 4 rings (SSSR count). The number of rotatable bonds is 2. The molecule has 19 heavy (non-hydrogen) atoms. The summed E-state index contributed by atoms with van der Waals surface area (Å²) in [5.74, 6) is 0. The van der Waals surface area contributed by atoms with Crippen molar-refractivity contribution in [2.45, 2.75) is 12.8 Å². The monoisotopic (exact) mass is 244 g/mol. The van der Waals surface area contributed by atoms with Crippen molar-refractivity contribution < 1.29 is 0 Å². The Kier molecular flexibility index (Phi) is 2.25. The summed E-state index contributed by atoms with van der Waals surface area (Å²) in [6.07, 6.45) is 7.56. The summed E-state index contributed by atoms with van der Waals surface area (Å²) in [6.45, 7) is 0. The molecule has 2 aliphatic carbocycles. The molecule has 92 valence electrons. The Labute approximate surface area is 114 Å². The number of allylic oxidation sites excluding steroid dienone is 4. The van der Waals surface area contributed by atoms with Crippen molar-refractivity contribution in [1.29, 1.82) is 0 Å². The number of hydrogen-bond donors (Lipinski definition) is 0. The molecule has 0 radical (unpaired) electrons. The van der Waals surface area contributed by atoms with Gasteiger partial charge in [0.25, 0.3) is 0 Å². The number of benzene rings is 2. The first-order valence-corrected chi connectivity index (χ1v) is 6.93. The van der Waals surface area contributed by atoms with Crippen LogP contribution in [0.25, 0.3) is 11.1 Å². The lowest BCUT2D eigenvalue weighted by Gasteiger charge is -2.09. The molecule has 1 spiro atoms. The van der Waals surface area contributed by atoms with Crippen molar-refractivity contribution in [2.75, 3.05) is 0 Å². The molecule has 0 heterocycles. The van der Waals surface area contributed by atoms with E-state index in [2.05, 4.69) is 72.8 Å². The third-order valence-electron chi connectivity index (χ3n) is 4.15. The van der Waals surface area contributed by atoms with Crippen molar-refractivity contribution in [3.8, 4) is 0 Å². The molecule has 0 aliphatic heterocycles. The smallest absolute Gasteiger partial charge is 0.00806 e. The summed E-state index contributed by atoms with van der Waals surface area (Å²) < 4.78 is 0. The van der Waals surface area contributed by atoms with Crippen LogP contribution in [-0.2, 0) is 0 Å². The van der Waals surface area contributed by atoms with Crippen molar-refractivity contribution in [2.24, 2.45) is 5.41 Å². The third-order valence-corrected chi connectivity index (χ3v) is 4.15. The molecule has 0 bridgehead atoms. The Morgan fingerprint density at radius 2 is 1.00 bits per heavy atom. The Morgan fingerprint density at radius 1 is 0.579 bits per heavy atom. The van der Waals surface area contributed by atoms with Gasteiger partial charge in [0.1, 0.15) is 0 Å². The lowest BCUT2D eigenvalue weighted by Crippen LogP contribution is -1.86. The van der Waals surface area contributed by atoms with Gasteiger partial charge in [-0.3, -0.25) is 0 Å². The predicted octanol–water partition coefficient (Wildman–Crippen LogP) is 4.95. The summed E-state index contributed by atoms with van der Waals surface area (Å²) in [4.78, 5) is 0. The van der Waals surface area contributed by atoms with Crippen LogP contribution in [0.15, 0.2) is 72.8 Å². The Balaban J connectivity index is 1.84. The van der Waals surface area contributed by atoms with Gasteiger partial charge < -0.3 is 0 Å². The van der Waals surface area contributed by atoms with E-state index in [1.807, 2.05) is 0 Å². The number of hydrogen-bond acceptors (Lipinski definition) is 0. The topological polar surface area (TPSA) is 0 Å². The third kappa shape index (κ3) is 1.84. The minimum Gasteiger partial charge on any atom is -0.0660 e. The highest BCUT2D eigenvalue weighted by molar-refractivity contribution is 6.08. The van der Waals surface area contributed by atoms with E-state index >= 15 is 0 Å². The van der Waals surface area contributed by atoms with E-state index in [-0.39, 0.29) is 0 Å². The van der Waals surface area contributed by atoms with Crippen molar-refractivity contribution >= 4 is 11.1 Å². The molecule has 2 aromatic carbocycles. The maximum atomic E-state index is 2.48. The van der Waals surface area contributed by atoms with Gasteiger partial charge in [-0.1, -0.05) is 72.8 Å².